The Labute approximate surface area is 96.8 Å². The van der Waals surface area contributed by atoms with Crippen molar-refractivity contribution >= 4 is 23.2 Å². The normalized spacial score (nSPS) is 10.4. The predicted molar refractivity (Wildman–Crippen MR) is 60.3 cm³/mol. The number of rotatable bonds is 2. The molecule has 0 aliphatic carbocycles. The Hall–Kier alpha value is -1.88. The largest absolute Gasteiger partial charge is 0.383 e. The molecule has 0 saturated heterocycles. The van der Waals surface area contributed by atoms with Crippen molar-refractivity contribution in [1.29, 1.82) is 0 Å². The number of carbonyl (C=O) groups excluding carboxylic acids is 1. The highest BCUT2D eigenvalue weighted by Gasteiger charge is 2.16. The van der Waals surface area contributed by atoms with Gasteiger partial charge >= 0.3 is 0 Å². The molecule has 6 heteroatoms. The van der Waals surface area contributed by atoms with Crippen LogP contribution >= 0.6 is 11.6 Å². The lowest BCUT2D eigenvalue weighted by Gasteiger charge is -2.01. The molecular formula is C10H9ClN4O. The van der Waals surface area contributed by atoms with Crippen molar-refractivity contribution in [3.8, 4) is 0 Å². The van der Waals surface area contributed by atoms with Crippen LogP contribution in [0.5, 0.6) is 0 Å². The molecule has 0 aliphatic heterocycles. The highest BCUT2D eigenvalue weighted by atomic mass is 35.5. The molecule has 82 valence electrons. The molecule has 2 aromatic rings. The molecule has 2 N–H and O–H groups in total. The summed E-state index contributed by atoms with van der Waals surface area (Å²) in [5.74, 6) is -0.131. The second kappa shape index (κ2) is 3.94. The summed E-state index contributed by atoms with van der Waals surface area (Å²) < 4.78 is 1.54. The van der Waals surface area contributed by atoms with Crippen molar-refractivity contribution in [1.82, 2.24) is 14.8 Å². The van der Waals surface area contributed by atoms with Gasteiger partial charge in [-0.3, -0.25) is 9.48 Å². The fourth-order valence-electron chi connectivity index (χ4n) is 1.31. The molecule has 0 fully saturated rings. The van der Waals surface area contributed by atoms with Gasteiger partial charge in [0.2, 0.25) is 5.78 Å². The van der Waals surface area contributed by atoms with Gasteiger partial charge in [-0.15, -0.1) is 0 Å². The minimum Gasteiger partial charge on any atom is -0.383 e. The van der Waals surface area contributed by atoms with Gasteiger partial charge in [0.15, 0.2) is 0 Å². The number of hydrogen-bond donors (Lipinski definition) is 1. The van der Waals surface area contributed by atoms with Crippen LogP contribution in [-0.4, -0.2) is 20.5 Å². The van der Waals surface area contributed by atoms with Crippen LogP contribution < -0.4 is 5.73 Å². The average molecular weight is 237 g/mol. The van der Waals surface area contributed by atoms with Gasteiger partial charge in [-0.1, -0.05) is 11.6 Å². The summed E-state index contributed by atoms with van der Waals surface area (Å²) >= 11 is 5.76. The van der Waals surface area contributed by atoms with Crippen molar-refractivity contribution in [2.75, 3.05) is 5.73 Å². The van der Waals surface area contributed by atoms with Crippen LogP contribution in [0.4, 0.5) is 5.82 Å². The molecule has 0 saturated carbocycles. The molecule has 2 heterocycles. The Kier molecular flexibility index (Phi) is 2.62. The number of nitrogen functional groups attached to an aromatic ring is 1. The Morgan fingerprint density at radius 1 is 1.56 bits per heavy atom. The first kappa shape index (κ1) is 10.6. The Balaban J connectivity index is 2.45. The van der Waals surface area contributed by atoms with Gasteiger partial charge in [-0.2, -0.15) is 5.10 Å². The van der Waals surface area contributed by atoms with Gasteiger partial charge in [-0.25, -0.2) is 4.98 Å². The minimum atomic E-state index is -0.284. The molecule has 0 aromatic carbocycles. The molecule has 16 heavy (non-hydrogen) atoms. The summed E-state index contributed by atoms with van der Waals surface area (Å²) in [6, 6.07) is 3.10. The topological polar surface area (TPSA) is 73.8 Å². The van der Waals surface area contributed by atoms with E-state index < -0.39 is 0 Å². The smallest absolute Gasteiger partial charge is 0.216 e. The number of halogens is 1. The molecule has 0 aliphatic rings. The summed E-state index contributed by atoms with van der Waals surface area (Å²) in [5, 5.41) is 4.37. The van der Waals surface area contributed by atoms with Crippen molar-refractivity contribution in [3.05, 3.63) is 40.8 Å². The summed E-state index contributed by atoms with van der Waals surface area (Å²) in [4.78, 5) is 15.8. The summed E-state index contributed by atoms with van der Waals surface area (Å²) in [7, 11) is 1.73. The van der Waals surface area contributed by atoms with Gasteiger partial charge in [-0.05, 0) is 12.1 Å². The number of pyridine rings is 1. The molecule has 0 spiro atoms. The van der Waals surface area contributed by atoms with E-state index in [9.17, 15) is 4.79 Å². The number of aromatic nitrogens is 3. The third-order valence-electron chi connectivity index (χ3n) is 2.08. The first-order valence-electron chi connectivity index (χ1n) is 4.53. The van der Waals surface area contributed by atoms with Crippen LogP contribution in [-0.2, 0) is 7.05 Å². The molecule has 0 amide bonds. The van der Waals surface area contributed by atoms with E-state index in [1.54, 1.807) is 24.0 Å². The maximum atomic E-state index is 12.0. The van der Waals surface area contributed by atoms with Gasteiger partial charge in [0.05, 0.1) is 10.6 Å². The summed E-state index contributed by atoms with van der Waals surface area (Å²) in [5.41, 5.74) is 6.20. The van der Waals surface area contributed by atoms with E-state index in [4.69, 9.17) is 17.3 Å². The van der Waals surface area contributed by atoms with Crippen LogP contribution in [0.15, 0.2) is 24.5 Å². The zero-order valence-electron chi connectivity index (χ0n) is 8.51. The van der Waals surface area contributed by atoms with Crippen molar-refractivity contribution in [3.63, 3.8) is 0 Å². The van der Waals surface area contributed by atoms with Crippen LogP contribution in [0.2, 0.25) is 5.02 Å². The second-order valence-electron chi connectivity index (χ2n) is 3.29. The number of nitrogens with two attached hydrogens (primary N) is 1. The maximum Gasteiger partial charge on any atom is 0.216 e. The second-order valence-corrected chi connectivity index (χ2v) is 3.73. The van der Waals surface area contributed by atoms with Gasteiger partial charge in [0.1, 0.15) is 11.5 Å². The quantitative estimate of drug-likeness (QED) is 0.798. The number of aryl methyl sites for hydroxylation is 1. The zero-order valence-corrected chi connectivity index (χ0v) is 9.27. The van der Waals surface area contributed by atoms with Crippen molar-refractivity contribution < 1.29 is 4.79 Å². The highest BCUT2D eigenvalue weighted by molar-refractivity contribution is 6.31. The molecule has 0 unspecified atom stereocenters. The third kappa shape index (κ3) is 1.90. The molecule has 5 nitrogen and oxygen atoms in total. The minimum absolute atomic E-state index is 0.153. The number of hydrogen-bond acceptors (Lipinski definition) is 4. The SMILES string of the molecule is Cn1ccc(C(=O)c2cc(Cl)cnc2N)n1. The van der Waals surface area contributed by atoms with E-state index in [1.165, 1.54) is 12.3 Å². The monoisotopic (exact) mass is 236 g/mol. The Morgan fingerprint density at radius 3 is 2.94 bits per heavy atom. The average Bonchev–Trinajstić information content (AvgIpc) is 2.67. The Morgan fingerprint density at radius 2 is 2.31 bits per heavy atom. The van der Waals surface area contributed by atoms with Gasteiger partial charge < -0.3 is 5.73 Å². The zero-order chi connectivity index (χ0) is 11.7. The van der Waals surface area contributed by atoms with Crippen LogP contribution in [0.1, 0.15) is 16.1 Å². The van der Waals surface area contributed by atoms with Gasteiger partial charge in [0.25, 0.3) is 0 Å². The Bertz CT molecular complexity index is 550. The van der Waals surface area contributed by atoms with Crippen molar-refractivity contribution in [2.24, 2.45) is 7.05 Å². The van der Waals surface area contributed by atoms with Gasteiger partial charge in [0, 0.05) is 19.4 Å². The van der Waals surface area contributed by atoms with E-state index in [2.05, 4.69) is 10.1 Å². The maximum absolute atomic E-state index is 12.0. The lowest BCUT2D eigenvalue weighted by Crippen LogP contribution is -2.08. The molecule has 2 rings (SSSR count). The molecular weight excluding hydrogens is 228 g/mol. The lowest BCUT2D eigenvalue weighted by atomic mass is 10.1. The molecule has 0 atom stereocenters. The number of anilines is 1. The molecule has 0 radical (unpaired) electrons. The van der Waals surface area contributed by atoms with E-state index in [0.717, 1.165) is 0 Å². The van der Waals surface area contributed by atoms with Crippen LogP contribution in [0.25, 0.3) is 0 Å². The number of nitrogens with zero attached hydrogens (tertiary/aromatic N) is 3. The fraction of sp³-hybridized carbons (Fsp3) is 0.100. The lowest BCUT2D eigenvalue weighted by molar-refractivity contribution is 0.103. The number of ketones is 1. The van der Waals surface area contributed by atoms with E-state index >= 15 is 0 Å². The first-order chi connectivity index (χ1) is 7.58. The van der Waals surface area contributed by atoms with Crippen LogP contribution in [0.3, 0.4) is 0 Å². The fourth-order valence-corrected chi connectivity index (χ4v) is 1.46. The van der Waals surface area contributed by atoms with E-state index in [0.29, 0.717) is 10.7 Å². The summed E-state index contributed by atoms with van der Waals surface area (Å²) in [6.45, 7) is 0. The number of carbonyl (C=O) groups is 1. The third-order valence-corrected chi connectivity index (χ3v) is 2.28. The van der Waals surface area contributed by atoms with Crippen LogP contribution in [0, 0.1) is 0 Å². The summed E-state index contributed by atoms with van der Waals surface area (Å²) in [6.07, 6.45) is 3.08. The van der Waals surface area contributed by atoms with E-state index in [1.807, 2.05) is 0 Å². The van der Waals surface area contributed by atoms with E-state index in [-0.39, 0.29) is 17.2 Å². The standard InChI is InChI=1S/C10H9ClN4O/c1-15-3-2-8(14-15)9(16)7-4-6(11)5-13-10(7)12/h2-5H,1H3,(H2,12,13). The molecule has 2 aromatic heterocycles. The molecule has 0 bridgehead atoms. The highest BCUT2D eigenvalue weighted by Crippen LogP contribution is 2.17. The predicted octanol–water partition coefficient (Wildman–Crippen LogP) is 1.28. The van der Waals surface area contributed by atoms with Crippen molar-refractivity contribution in [2.45, 2.75) is 0 Å². The first-order valence-corrected chi connectivity index (χ1v) is 4.91.